The van der Waals surface area contributed by atoms with Gasteiger partial charge >= 0.3 is 5.97 Å². The highest BCUT2D eigenvalue weighted by Gasteiger charge is 2.14. The summed E-state index contributed by atoms with van der Waals surface area (Å²) in [5.41, 5.74) is 1.07. The van der Waals surface area contributed by atoms with Crippen molar-refractivity contribution in [3.05, 3.63) is 23.8 Å². The molecule has 0 aromatic heterocycles. The highest BCUT2D eigenvalue weighted by Crippen LogP contribution is 2.26. The van der Waals surface area contributed by atoms with E-state index >= 15 is 0 Å². The van der Waals surface area contributed by atoms with Crippen LogP contribution in [-0.2, 0) is 11.3 Å². The van der Waals surface area contributed by atoms with Crippen molar-refractivity contribution in [1.29, 1.82) is 0 Å². The molecule has 0 aliphatic heterocycles. The Labute approximate surface area is 126 Å². The number of rotatable bonds is 9. The van der Waals surface area contributed by atoms with Crippen LogP contribution >= 0.6 is 0 Å². The Hall–Kier alpha value is -1.75. The predicted molar refractivity (Wildman–Crippen MR) is 82.0 cm³/mol. The van der Waals surface area contributed by atoms with Gasteiger partial charge in [0.25, 0.3) is 0 Å². The first-order valence-corrected chi connectivity index (χ1v) is 7.14. The molecule has 0 saturated heterocycles. The third-order valence-electron chi connectivity index (χ3n) is 3.43. The maximum Gasteiger partial charge on any atom is 0.303 e. The molecule has 0 amide bonds. The van der Waals surface area contributed by atoms with Crippen LogP contribution in [0, 0.1) is 0 Å². The topological polar surface area (TPSA) is 59.0 Å². The van der Waals surface area contributed by atoms with E-state index in [2.05, 4.69) is 18.7 Å². The lowest BCUT2D eigenvalue weighted by molar-refractivity contribution is -0.137. The Morgan fingerprint density at radius 1 is 1.29 bits per heavy atom. The van der Waals surface area contributed by atoms with Gasteiger partial charge in [-0.2, -0.15) is 0 Å². The molecule has 1 rings (SSSR count). The van der Waals surface area contributed by atoms with E-state index in [4.69, 9.17) is 14.6 Å². The maximum absolute atomic E-state index is 10.6. The zero-order chi connectivity index (χ0) is 15.8. The van der Waals surface area contributed by atoms with Crippen molar-refractivity contribution in [2.24, 2.45) is 0 Å². The monoisotopic (exact) mass is 295 g/mol. The van der Waals surface area contributed by atoms with Crippen molar-refractivity contribution in [3.63, 3.8) is 0 Å². The lowest BCUT2D eigenvalue weighted by atomic mass is 10.1. The molecule has 1 aromatic rings. The molecule has 0 atom stereocenters. The van der Waals surface area contributed by atoms with Crippen LogP contribution in [0.5, 0.6) is 11.5 Å². The normalized spacial score (nSPS) is 11.0. The van der Waals surface area contributed by atoms with Gasteiger partial charge in [-0.15, -0.1) is 0 Å². The number of methoxy groups -OCH3 is 2. The second-order valence-electron chi connectivity index (χ2n) is 5.24. The summed E-state index contributed by atoms with van der Waals surface area (Å²) in [4.78, 5) is 12.9. The maximum atomic E-state index is 10.6. The van der Waals surface area contributed by atoms with Crippen LogP contribution in [0.2, 0.25) is 0 Å². The highest BCUT2D eigenvalue weighted by atomic mass is 16.5. The van der Waals surface area contributed by atoms with Crippen molar-refractivity contribution < 1.29 is 19.4 Å². The number of carbonyl (C=O) groups is 1. The van der Waals surface area contributed by atoms with Gasteiger partial charge < -0.3 is 14.6 Å². The van der Waals surface area contributed by atoms with E-state index in [-0.39, 0.29) is 6.42 Å². The lowest BCUT2D eigenvalue weighted by Crippen LogP contribution is -2.31. The SMILES string of the molecule is COc1ccc(CN(CCCC(=O)O)C(C)C)c(OC)c1. The van der Waals surface area contributed by atoms with Gasteiger partial charge in [0.05, 0.1) is 14.2 Å². The number of nitrogens with zero attached hydrogens (tertiary/aromatic N) is 1. The summed E-state index contributed by atoms with van der Waals surface area (Å²) in [6.07, 6.45) is 0.842. The summed E-state index contributed by atoms with van der Waals surface area (Å²) in [6, 6.07) is 6.11. The second-order valence-corrected chi connectivity index (χ2v) is 5.24. The first-order chi connectivity index (χ1) is 9.97. The number of benzene rings is 1. The summed E-state index contributed by atoms with van der Waals surface area (Å²) < 4.78 is 10.6. The zero-order valence-corrected chi connectivity index (χ0v) is 13.3. The van der Waals surface area contributed by atoms with Crippen molar-refractivity contribution in [2.75, 3.05) is 20.8 Å². The molecule has 0 heterocycles. The fourth-order valence-electron chi connectivity index (χ4n) is 2.15. The third kappa shape index (κ3) is 5.63. The summed E-state index contributed by atoms with van der Waals surface area (Å²) in [5.74, 6) is 0.802. The fourth-order valence-corrected chi connectivity index (χ4v) is 2.15. The minimum atomic E-state index is -0.749. The molecule has 0 bridgehead atoms. The Morgan fingerprint density at radius 3 is 2.52 bits per heavy atom. The van der Waals surface area contributed by atoms with Crippen LogP contribution < -0.4 is 9.47 Å². The zero-order valence-electron chi connectivity index (χ0n) is 13.3. The van der Waals surface area contributed by atoms with Gasteiger partial charge in [-0.3, -0.25) is 9.69 Å². The molecule has 5 heteroatoms. The van der Waals surface area contributed by atoms with E-state index in [1.807, 2.05) is 18.2 Å². The van der Waals surface area contributed by atoms with Crippen molar-refractivity contribution in [2.45, 2.75) is 39.3 Å². The lowest BCUT2D eigenvalue weighted by Gasteiger charge is -2.27. The van der Waals surface area contributed by atoms with Crippen LogP contribution in [0.15, 0.2) is 18.2 Å². The van der Waals surface area contributed by atoms with Gasteiger partial charge in [0, 0.05) is 30.6 Å². The van der Waals surface area contributed by atoms with Gasteiger partial charge in [0.2, 0.25) is 0 Å². The molecular formula is C16H25NO4. The van der Waals surface area contributed by atoms with Gasteiger partial charge in [-0.05, 0) is 32.9 Å². The number of carboxylic acid groups (broad SMARTS) is 1. The molecule has 1 aromatic carbocycles. The molecular weight excluding hydrogens is 270 g/mol. The minimum absolute atomic E-state index is 0.197. The molecule has 0 radical (unpaired) electrons. The van der Waals surface area contributed by atoms with Crippen molar-refractivity contribution in [1.82, 2.24) is 4.90 Å². The van der Waals surface area contributed by atoms with E-state index < -0.39 is 5.97 Å². The molecule has 0 aliphatic carbocycles. The molecule has 0 fully saturated rings. The van der Waals surface area contributed by atoms with Crippen LogP contribution in [0.1, 0.15) is 32.3 Å². The molecule has 0 spiro atoms. The van der Waals surface area contributed by atoms with Gasteiger partial charge in [-0.25, -0.2) is 0 Å². The first kappa shape index (κ1) is 17.3. The van der Waals surface area contributed by atoms with Crippen LogP contribution in [0.3, 0.4) is 0 Å². The number of hydrogen-bond acceptors (Lipinski definition) is 4. The van der Waals surface area contributed by atoms with E-state index in [1.54, 1.807) is 14.2 Å². The summed E-state index contributed by atoms with van der Waals surface area (Å²) >= 11 is 0. The van der Waals surface area contributed by atoms with E-state index in [0.29, 0.717) is 12.5 Å². The van der Waals surface area contributed by atoms with Gasteiger partial charge in [-0.1, -0.05) is 6.07 Å². The fraction of sp³-hybridized carbons (Fsp3) is 0.562. The standard InChI is InChI=1S/C16H25NO4/c1-12(2)17(9-5-6-16(18)19)11-13-7-8-14(20-3)10-15(13)21-4/h7-8,10,12H,5-6,9,11H2,1-4H3,(H,18,19). The number of hydrogen-bond donors (Lipinski definition) is 1. The second kappa shape index (κ2) is 8.52. The van der Waals surface area contributed by atoms with E-state index in [0.717, 1.165) is 30.2 Å². The quantitative estimate of drug-likeness (QED) is 0.759. The van der Waals surface area contributed by atoms with Crippen LogP contribution in [0.4, 0.5) is 0 Å². The van der Waals surface area contributed by atoms with Crippen LogP contribution in [-0.4, -0.2) is 42.8 Å². The number of ether oxygens (including phenoxy) is 2. The van der Waals surface area contributed by atoms with Gasteiger partial charge in [0.15, 0.2) is 0 Å². The first-order valence-electron chi connectivity index (χ1n) is 7.14. The third-order valence-corrected chi connectivity index (χ3v) is 3.43. The van der Waals surface area contributed by atoms with Crippen LogP contribution in [0.25, 0.3) is 0 Å². The largest absolute Gasteiger partial charge is 0.497 e. The predicted octanol–water partition coefficient (Wildman–Crippen LogP) is 2.78. The smallest absolute Gasteiger partial charge is 0.303 e. The Kier molecular flexibility index (Phi) is 7.02. The molecule has 21 heavy (non-hydrogen) atoms. The highest BCUT2D eigenvalue weighted by molar-refractivity contribution is 5.66. The average Bonchev–Trinajstić information content (AvgIpc) is 2.45. The molecule has 0 aliphatic rings. The van der Waals surface area contributed by atoms with E-state index in [1.165, 1.54) is 0 Å². The molecule has 0 saturated carbocycles. The Balaban J connectivity index is 2.76. The average molecular weight is 295 g/mol. The minimum Gasteiger partial charge on any atom is -0.497 e. The molecule has 1 N–H and O–H groups in total. The number of aliphatic carboxylic acids is 1. The summed E-state index contributed by atoms with van der Waals surface area (Å²) in [6.45, 7) is 5.69. The molecule has 5 nitrogen and oxygen atoms in total. The van der Waals surface area contributed by atoms with Crippen molar-refractivity contribution in [3.8, 4) is 11.5 Å². The summed E-state index contributed by atoms with van der Waals surface area (Å²) in [7, 11) is 3.27. The van der Waals surface area contributed by atoms with Gasteiger partial charge in [0.1, 0.15) is 11.5 Å². The van der Waals surface area contributed by atoms with E-state index in [9.17, 15) is 4.79 Å². The van der Waals surface area contributed by atoms with Crippen molar-refractivity contribution >= 4 is 5.97 Å². The molecule has 0 unspecified atom stereocenters. The Morgan fingerprint density at radius 2 is 2.00 bits per heavy atom. The summed E-state index contributed by atoms with van der Waals surface area (Å²) in [5, 5.41) is 8.74. The number of carboxylic acids is 1. The Bertz CT molecular complexity index is 460. The molecule has 118 valence electrons.